The van der Waals surface area contributed by atoms with Crippen molar-refractivity contribution >= 4 is 44.2 Å². The molecule has 0 saturated heterocycles. The van der Waals surface area contributed by atoms with Gasteiger partial charge in [0.25, 0.3) is 0 Å². The fraction of sp³-hybridized carbons (Fsp3) is 0.778. The lowest BCUT2D eigenvalue weighted by atomic mass is 10.0. The summed E-state index contributed by atoms with van der Waals surface area (Å²) in [5, 5.41) is 10.2. The van der Waals surface area contributed by atoms with Gasteiger partial charge in [-0.05, 0) is 5.41 Å². The highest BCUT2D eigenvalue weighted by Gasteiger charge is 2.17. The van der Waals surface area contributed by atoms with Crippen LogP contribution in [0, 0.1) is 5.41 Å². The Bertz CT molecular complexity index is 312. The van der Waals surface area contributed by atoms with Gasteiger partial charge < -0.3 is 4.90 Å². The Morgan fingerprint density at radius 2 is 2.07 bits per heavy atom. The van der Waals surface area contributed by atoms with Gasteiger partial charge in [0, 0.05) is 25.2 Å². The van der Waals surface area contributed by atoms with Crippen molar-refractivity contribution in [3.8, 4) is 0 Å². The molecule has 0 N–H and O–H groups in total. The first-order valence-electron chi connectivity index (χ1n) is 4.64. The number of thioether (sulfide) groups is 1. The van der Waals surface area contributed by atoms with Crippen LogP contribution in [0.1, 0.15) is 13.8 Å². The van der Waals surface area contributed by atoms with Crippen LogP contribution in [0.25, 0.3) is 0 Å². The first kappa shape index (κ1) is 13.3. The Morgan fingerprint density at radius 1 is 1.40 bits per heavy atom. The lowest BCUT2D eigenvalue weighted by Crippen LogP contribution is -2.15. The molecule has 0 saturated carbocycles. The van der Waals surface area contributed by atoms with Gasteiger partial charge in [0.05, 0.1) is 0 Å². The fourth-order valence-electron chi connectivity index (χ4n) is 0.737. The van der Waals surface area contributed by atoms with Crippen LogP contribution in [0.2, 0.25) is 0 Å². The summed E-state index contributed by atoms with van der Waals surface area (Å²) in [6.45, 7) is 4.48. The molecule has 0 aliphatic carbocycles. The van der Waals surface area contributed by atoms with Crippen molar-refractivity contribution in [3.05, 3.63) is 0 Å². The molecule has 3 nitrogen and oxygen atoms in total. The Kier molecular flexibility index (Phi) is 4.86. The quantitative estimate of drug-likeness (QED) is 0.617. The highest BCUT2D eigenvalue weighted by atomic mass is 79.9. The molecule has 15 heavy (non-hydrogen) atoms. The van der Waals surface area contributed by atoms with Crippen molar-refractivity contribution in [2.75, 3.05) is 30.1 Å². The zero-order chi connectivity index (χ0) is 11.5. The Morgan fingerprint density at radius 3 is 2.53 bits per heavy atom. The Balaban J connectivity index is 2.51. The van der Waals surface area contributed by atoms with E-state index in [1.54, 1.807) is 23.1 Å². The molecule has 0 spiro atoms. The minimum Gasteiger partial charge on any atom is -0.353 e. The average molecular weight is 310 g/mol. The van der Waals surface area contributed by atoms with E-state index in [-0.39, 0.29) is 0 Å². The normalized spacial score (nSPS) is 11.8. The highest BCUT2D eigenvalue weighted by Crippen LogP contribution is 2.32. The maximum Gasteiger partial charge on any atom is 0.208 e. The number of alkyl halides is 1. The van der Waals surface area contributed by atoms with Gasteiger partial charge in [-0.25, -0.2) is 0 Å². The van der Waals surface area contributed by atoms with Crippen LogP contribution in [0.3, 0.4) is 0 Å². The van der Waals surface area contributed by atoms with E-state index in [1.807, 2.05) is 19.0 Å². The second-order valence-electron chi connectivity index (χ2n) is 4.33. The van der Waals surface area contributed by atoms with Crippen molar-refractivity contribution in [1.29, 1.82) is 0 Å². The van der Waals surface area contributed by atoms with Gasteiger partial charge in [0.2, 0.25) is 5.13 Å². The van der Waals surface area contributed by atoms with Crippen molar-refractivity contribution in [2.24, 2.45) is 5.41 Å². The van der Waals surface area contributed by atoms with Crippen LogP contribution in [0.5, 0.6) is 0 Å². The molecule has 0 fully saturated rings. The van der Waals surface area contributed by atoms with Crippen LogP contribution in [-0.4, -0.2) is 35.4 Å². The predicted octanol–water partition coefficient (Wildman–Crippen LogP) is 3.12. The Hall–Kier alpha value is 0.190. The van der Waals surface area contributed by atoms with Crippen LogP contribution < -0.4 is 4.90 Å². The molecule has 1 heterocycles. The SMILES string of the molecule is CN(C)c1nnc(SCC(C)(C)CBr)s1. The van der Waals surface area contributed by atoms with Gasteiger partial charge in [-0.1, -0.05) is 52.9 Å². The number of nitrogens with zero attached hydrogens (tertiary/aromatic N) is 3. The minimum absolute atomic E-state index is 0.300. The third-order valence-electron chi connectivity index (χ3n) is 1.73. The number of hydrogen-bond donors (Lipinski definition) is 0. The molecule has 0 aliphatic heterocycles. The molecule has 0 radical (unpaired) electrons. The number of anilines is 1. The maximum atomic E-state index is 4.15. The second-order valence-corrected chi connectivity index (χ2v) is 7.07. The second kappa shape index (κ2) is 5.50. The highest BCUT2D eigenvalue weighted by molar-refractivity contribution is 9.09. The standard InChI is InChI=1S/C9H16BrN3S2/c1-9(2,5-10)6-14-8-12-11-7(15-8)13(3)4/h5-6H2,1-4H3. The van der Waals surface area contributed by atoms with Gasteiger partial charge in [0.15, 0.2) is 4.34 Å². The molecule has 1 rings (SSSR count). The number of hydrogen-bond acceptors (Lipinski definition) is 5. The third kappa shape index (κ3) is 4.28. The zero-order valence-corrected chi connectivity index (χ0v) is 12.7. The molecule has 0 bridgehead atoms. The number of halogens is 1. The lowest BCUT2D eigenvalue weighted by molar-refractivity contribution is 0.496. The van der Waals surface area contributed by atoms with E-state index in [2.05, 4.69) is 40.0 Å². The molecule has 0 aliphatic rings. The van der Waals surface area contributed by atoms with E-state index in [0.717, 1.165) is 20.6 Å². The van der Waals surface area contributed by atoms with Crippen LogP contribution in [-0.2, 0) is 0 Å². The summed E-state index contributed by atoms with van der Waals surface area (Å²) in [5.41, 5.74) is 0.300. The molecular formula is C9H16BrN3S2. The molecule has 0 aromatic carbocycles. The van der Waals surface area contributed by atoms with E-state index in [4.69, 9.17) is 0 Å². The summed E-state index contributed by atoms with van der Waals surface area (Å²) in [5.74, 6) is 1.06. The van der Waals surface area contributed by atoms with Gasteiger partial charge in [-0.2, -0.15) is 0 Å². The first-order chi connectivity index (χ1) is 6.94. The summed E-state index contributed by atoms with van der Waals surface area (Å²) in [6.07, 6.45) is 0. The monoisotopic (exact) mass is 309 g/mol. The smallest absolute Gasteiger partial charge is 0.208 e. The van der Waals surface area contributed by atoms with Crippen molar-refractivity contribution in [2.45, 2.75) is 18.2 Å². The van der Waals surface area contributed by atoms with Crippen molar-refractivity contribution < 1.29 is 0 Å². The average Bonchev–Trinajstić information content (AvgIpc) is 2.63. The van der Waals surface area contributed by atoms with E-state index in [0.29, 0.717) is 5.41 Å². The van der Waals surface area contributed by atoms with E-state index in [9.17, 15) is 0 Å². The molecule has 0 atom stereocenters. The Labute approximate surface area is 108 Å². The predicted molar refractivity (Wildman–Crippen MR) is 72.5 cm³/mol. The van der Waals surface area contributed by atoms with Crippen LogP contribution in [0.4, 0.5) is 5.13 Å². The summed E-state index contributed by atoms with van der Waals surface area (Å²) in [7, 11) is 3.97. The van der Waals surface area contributed by atoms with E-state index < -0.39 is 0 Å². The summed E-state index contributed by atoms with van der Waals surface area (Å²) < 4.78 is 1.05. The number of rotatable bonds is 5. The third-order valence-corrected chi connectivity index (χ3v) is 5.99. The maximum absolute atomic E-state index is 4.15. The lowest BCUT2D eigenvalue weighted by Gasteiger charge is -2.19. The first-order valence-corrected chi connectivity index (χ1v) is 7.56. The van der Waals surface area contributed by atoms with Crippen LogP contribution in [0.15, 0.2) is 4.34 Å². The van der Waals surface area contributed by atoms with Crippen LogP contribution >= 0.6 is 39.0 Å². The molecule has 1 aromatic rings. The summed E-state index contributed by atoms with van der Waals surface area (Å²) in [6, 6.07) is 0. The van der Waals surface area contributed by atoms with Gasteiger partial charge in [-0.3, -0.25) is 0 Å². The molecule has 6 heteroatoms. The van der Waals surface area contributed by atoms with Gasteiger partial charge >= 0.3 is 0 Å². The van der Waals surface area contributed by atoms with Crippen molar-refractivity contribution in [3.63, 3.8) is 0 Å². The topological polar surface area (TPSA) is 29.0 Å². The van der Waals surface area contributed by atoms with Gasteiger partial charge in [0.1, 0.15) is 0 Å². The summed E-state index contributed by atoms with van der Waals surface area (Å²) in [4.78, 5) is 1.98. The fourth-order valence-corrected chi connectivity index (χ4v) is 3.05. The molecule has 0 amide bonds. The number of aromatic nitrogens is 2. The van der Waals surface area contributed by atoms with E-state index >= 15 is 0 Å². The molecule has 0 unspecified atom stereocenters. The van der Waals surface area contributed by atoms with Crippen molar-refractivity contribution in [1.82, 2.24) is 10.2 Å². The minimum atomic E-state index is 0.300. The summed E-state index contributed by atoms with van der Waals surface area (Å²) >= 11 is 6.94. The largest absolute Gasteiger partial charge is 0.353 e. The molecule has 1 aromatic heterocycles. The molecular weight excluding hydrogens is 294 g/mol. The molecule has 86 valence electrons. The zero-order valence-electron chi connectivity index (χ0n) is 9.45. The van der Waals surface area contributed by atoms with Gasteiger partial charge in [-0.15, -0.1) is 10.2 Å². The van der Waals surface area contributed by atoms with E-state index in [1.165, 1.54) is 0 Å².